The first-order chi connectivity index (χ1) is 37.7. The predicted octanol–water partition coefficient (Wildman–Crippen LogP) is 8.42. The summed E-state index contributed by atoms with van der Waals surface area (Å²) in [5, 5.41) is 34.2. The Hall–Kier alpha value is -7.72. The van der Waals surface area contributed by atoms with Gasteiger partial charge in [-0.25, -0.2) is 22.2 Å². The highest BCUT2D eigenvalue weighted by Gasteiger charge is 2.47. The highest BCUT2D eigenvalue weighted by atomic mass is 35.5. The Morgan fingerprint density at radius 3 is 2.38 bits per heavy atom. The van der Waals surface area contributed by atoms with E-state index in [1.807, 2.05) is 38.1 Å². The molecule has 0 radical (unpaired) electrons. The standard InChI is InChI=1S/C56H54ClF4N11O6/c1-28(2)51(55(75)70-17-5-6-44(70)54(74)64-43(26-73)32-11-13-33(14-12-32)47-37(58)15-16-38(59)49(47)61)72-25-41(68-69-72)31-9-7-30(8-10-31)27-78-52-48(46-29(3)39(60)21-40-35(46)22-63-67-40)36(57)20-34-50(52)65-56(77-19-18-76-4)66-53(34)71-24-42-45(71)23-62-42/h7-16,20-22,25,28,42-45,51,62,73H,5-6,17-19,23-24,26-27H2,1-4H3,(H,63,67)(H,64,74). The van der Waals surface area contributed by atoms with Crippen LogP contribution in [0.4, 0.5) is 23.4 Å². The first-order valence-electron chi connectivity index (χ1n) is 25.6. The van der Waals surface area contributed by atoms with Gasteiger partial charge in [-0.2, -0.15) is 15.1 Å². The Balaban J connectivity index is 0.831. The summed E-state index contributed by atoms with van der Waals surface area (Å²) in [5.74, 6) is -4.06. The molecule has 5 unspecified atom stereocenters. The highest BCUT2D eigenvalue weighted by molar-refractivity contribution is 6.35. The van der Waals surface area contributed by atoms with Crippen molar-refractivity contribution in [1.82, 2.24) is 50.7 Å². The lowest BCUT2D eigenvalue weighted by Crippen LogP contribution is -2.78. The minimum absolute atomic E-state index is 0.0364. The fraction of sp³-hybridized carbons (Fsp3) is 0.339. The van der Waals surface area contributed by atoms with Crippen LogP contribution < -0.4 is 25.0 Å². The van der Waals surface area contributed by atoms with Crippen LogP contribution in [0.15, 0.2) is 85.2 Å². The first kappa shape index (κ1) is 52.3. The van der Waals surface area contributed by atoms with Gasteiger partial charge in [0.1, 0.15) is 54.0 Å². The number of aliphatic hydroxyl groups excluding tert-OH is 1. The van der Waals surface area contributed by atoms with Gasteiger partial charge in [0, 0.05) is 60.2 Å². The number of aliphatic hydroxyl groups is 1. The SMILES string of the molecule is COCCOc1nc(N2CC3NCC32)c2cc(Cl)c(-c3c(C)c(F)cc4[nH]ncc34)c(OCc3ccc(-c4cn(C(C(=O)N5CCCC5C(=O)NC(CO)c5ccc(-c6c(F)ccc(F)c6F)cc5)C(C)C)nn4)cc3)c2n1. The van der Waals surface area contributed by atoms with Gasteiger partial charge in [0.25, 0.3) is 0 Å². The van der Waals surface area contributed by atoms with Gasteiger partial charge in [-0.05, 0) is 72.2 Å². The summed E-state index contributed by atoms with van der Waals surface area (Å²) in [5.41, 5.74) is 4.09. The number of H-pyrrole nitrogens is 1. The highest BCUT2D eigenvalue weighted by Crippen LogP contribution is 2.49. The Kier molecular flexibility index (Phi) is 14.5. The molecule has 4 N–H and O–H groups in total. The van der Waals surface area contributed by atoms with Crippen molar-refractivity contribution >= 4 is 51.0 Å². The number of benzene rings is 5. The summed E-state index contributed by atoms with van der Waals surface area (Å²) in [7, 11) is 1.58. The lowest BCUT2D eigenvalue weighted by Gasteiger charge is -2.56. The molecule has 3 aliphatic rings. The number of hydrogen-bond acceptors (Lipinski definition) is 13. The number of carbonyl (C=O) groups is 2. The molecule has 3 aliphatic heterocycles. The molecule has 2 amide bonds. The Morgan fingerprint density at radius 2 is 1.68 bits per heavy atom. The van der Waals surface area contributed by atoms with Crippen molar-refractivity contribution in [2.24, 2.45) is 5.92 Å². The number of aromatic nitrogens is 7. The van der Waals surface area contributed by atoms with Crippen LogP contribution in [0.25, 0.3) is 55.3 Å². The number of likely N-dealkylation sites (tertiary alicyclic amines) is 1. The molecule has 11 rings (SSSR count). The molecule has 22 heteroatoms. The van der Waals surface area contributed by atoms with E-state index in [1.165, 1.54) is 39.9 Å². The Labute approximate surface area is 449 Å². The van der Waals surface area contributed by atoms with Crippen LogP contribution >= 0.6 is 11.6 Å². The van der Waals surface area contributed by atoms with Crippen LogP contribution in [0.2, 0.25) is 5.02 Å². The first-order valence-corrected chi connectivity index (χ1v) is 26.0. The van der Waals surface area contributed by atoms with Crippen LogP contribution in [0.3, 0.4) is 0 Å². The molecule has 5 aromatic carbocycles. The molecule has 3 fully saturated rings. The number of hydrogen-bond donors (Lipinski definition) is 4. The average molecular weight is 1090 g/mol. The molecule has 5 atom stereocenters. The third kappa shape index (κ3) is 9.62. The van der Waals surface area contributed by atoms with Gasteiger partial charge in [0.2, 0.25) is 11.8 Å². The van der Waals surface area contributed by atoms with Gasteiger partial charge < -0.3 is 39.8 Å². The van der Waals surface area contributed by atoms with Crippen molar-refractivity contribution in [1.29, 1.82) is 0 Å². The van der Waals surface area contributed by atoms with E-state index in [4.69, 9.17) is 35.8 Å². The van der Waals surface area contributed by atoms with Crippen LogP contribution in [0.1, 0.15) is 55.5 Å². The summed E-state index contributed by atoms with van der Waals surface area (Å²) in [6.07, 6.45) is 4.25. The molecule has 0 aliphatic carbocycles. The molecular formula is C56H54ClF4N11O6. The van der Waals surface area contributed by atoms with E-state index in [2.05, 4.69) is 36.0 Å². The van der Waals surface area contributed by atoms with Crippen LogP contribution in [-0.4, -0.2) is 122 Å². The summed E-state index contributed by atoms with van der Waals surface area (Å²) >= 11 is 7.30. The number of rotatable bonds is 18. The van der Waals surface area contributed by atoms with Crippen molar-refractivity contribution in [2.45, 2.75) is 70.4 Å². The second kappa shape index (κ2) is 21.6. The quantitative estimate of drug-likeness (QED) is 0.0363. The lowest BCUT2D eigenvalue weighted by atomic mass is 9.88. The number of carbonyl (C=O) groups excluding carboxylic acids is 2. The van der Waals surface area contributed by atoms with Crippen molar-refractivity contribution in [3.63, 3.8) is 0 Å². The smallest absolute Gasteiger partial charge is 0.319 e. The van der Waals surface area contributed by atoms with Gasteiger partial charge in [-0.3, -0.25) is 14.7 Å². The zero-order chi connectivity index (χ0) is 54.5. The fourth-order valence-corrected chi connectivity index (χ4v) is 11.0. The molecule has 6 heterocycles. The topological polar surface area (TPSA) is 198 Å². The van der Waals surface area contributed by atoms with E-state index in [-0.39, 0.29) is 42.7 Å². The molecule has 78 heavy (non-hydrogen) atoms. The van der Waals surface area contributed by atoms with Crippen molar-refractivity contribution in [3.8, 4) is 45.3 Å². The van der Waals surface area contributed by atoms with Crippen molar-refractivity contribution in [2.75, 3.05) is 51.5 Å². The molecular weight excluding hydrogens is 1030 g/mol. The van der Waals surface area contributed by atoms with E-state index in [0.29, 0.717) is 110 Å². The molecule has 3 aromatic heterocycles. The van der Waals surface area contributed by atoms with Gasteiger partial charge in [0.15, 0.2) is 17.4 Å². The van der Waals surface area contributed by atoms with Crippen LogP contribution in [0.5, 0.6) is 11.8 Å². The van der Waals surface area contributed by atoms with E-state index in [0.717, 1.165) is 24.7 Å². The lowest BCUT2D eigenvalue weighted by molar-refractivity contribution is -0.142. The van der Waals surface area contributed by atoms with Gasteiger partial charge >= 0.3 is 6.01 Å². The van der Waals surface area contributed by atoms with Gasteiger partial charge in [0.05, 0.1) is 53.8 Å². The molecule has 8 aromatic rings. The number of methoxy groups -OCH3 is 1. The molecule has 17 nitrogen and oxygen atoms in total. The molecule has 3 saturated heterocycles. The number of nitrogens with zero attached hydrogens (tertiary/aromatic N) is 8. The minimum Gasteiger partial charge on any atom is -0.486 e. The molecule has 0 saturated carbocycles. The van der Waals surface area contributed by atoms with Gasteiger partial charge in [-0.15, -0.1) is 5.10 Å². The number of piperazine rings is 1. The zero-order valence-electron chi connectivity index (χ0n) is 42.9. The molecule has 0 bridgehead atoms. The van der Waals surface area contributed by atoms with Crippen LogP contribution in [-0.2, 0) is 20.9 Å². The number of amides is 2. The second-order valence-corrected chi connectivity index (χ2v) is 20.5. The van der Waals surface area contributed by atoms with E-state index in [1.54, 1.807) is 32.5 Å². The summed E-state index contributed by atoms with van der Waals surface area (Å²) in [6.45, 7) is 7.30. The second-order valence-electron chi connectivity index (χ2n) is 20.1. The van der Waals surface area contributed by atoms with Crippen LogP contribution in [0, 0.1) is 36.1 Å². The van der Waals surface area contributed by atoms with Gasteiger partial charge in [-0.1, -0.05) is 79.2 Å². The van der Waals surface area contributed by atoms with Crippen molar-refractivity contribution in [3.05, 3.63) is 130 Å². The summed E-state index contributed by atoms with van der Waals surface area (Å²) in [4.78, 5) is 41.9. The number of aromatic amines is 1. The number of nitrogens with one attached hydrogen (secondary N) is 3. The fourth-order valence-electron chi connectivity index (χ4n) is 10.7. The van der Waals surface area contributed by atoms with Crippen molar-refractivity contribution < 1.29 is 46.5 Å². The van der Waals surface area contributed by atoms with E-state index in [9.17, 15) is 27.9 Å². The number of anilines is 1. The third-order valence-corrected chi connectivity index (χ3v) is 15.3. The average Bonchev–Trinajstić information content (AvgIpc) is 4.27. The van der Waals surface area contributed by atoms with E-state index >= 15 is 4.39 Å². The largest absolute Gasteiger partial charge is 0.486 e. The third-order valence-electron chi connectivity index (χ3n) is 15.0. The maximum atomic E-state index is 15.8. The Morgan fingerprint density at radius 1 is 0.910 bits per heavy atom. The minimum atomic E-state index is -1.33. The maximum absolute atomic E-state index is 15.8. The summed E-state index contributed by atoms with van der Waals surface area (Å²) in [6, 6.07) is 16.1. The number of halogens is 5. The number of fused-ring (bicyclic) bond motifs is 3. The molecule has 404 valence electrons. The number of ether oxygens (including phenoxy) is 3. The van der Waals surface area contributed by atoms with E-state index < -0.39 is 59.5 Å². The monoisotopic (exact) mass is 1090 g/mol. The zero-order valence-corrected chi connectivity index (χ0v) is 43.6. The maximum Gasteiger partial charge on any atom is 0.319 e. The molecule has 0 spiro atoms. The predicted molar refractivity (Wildman–Crippen MR) is 283 cm³/mol. The summed E-state index contributed by atoms with van der Waals surface area (Å²) < 4.78 is 78.4. The normalized spacial score (nSPS) is 17.8. The Bertz CT molecular complexity index is 3580.